The lowest BCUT2D eigenvalue weighted by Gasteiger charge is -2.38. The van der Waals surface area contributed by atoms with Crippen LogP contribution in [0.5, 0.6) is 0 Å². The van der Waals surface area contributed by atoms with Crippen LogP contribution in [-0.4, -0.2) is 55.6 Å². The Labute approximate surface area is 138 Å². The molecule has 1 fully saturated rings. The molecule has 0 aromatic carbocycles. The van der Waals surface area contributed by atoms with Crippen molar-refractivity contribution in [3.8, 4) is 0 Å². The average Bonchev–Trinajstić information content (AvgIpc) is 2.58. The summed E-state index contributed by atoms with van der Waals surface area (Å²) < 4.78 is 1.46. The van der Waals surface area contributed by atoms with Gasteiger partial charge in [-0.1, -0.05) is 23.2 Å². The molecule has 1 aliphatic heterocycles. The number of carbonyl (C=O) groups excluding carboxylic acids is 1. The Bertz CT molecular complexity index is 421. The number of halogens is 3. The van der Waals surface area contributed by atoms with Crippen LogP contribution in [0.1, 0.15) is 9.67 Å². The molecular weight excluding hydrogens is 406 g/mol. The zero-order valence-corrected chi connectivity index (χ0v) is 14.7. The van der Waals surface area contributed by atoms with Crippen molar-refractivity contribution in [3.05, 3.63) is 20.3 Å². The lowest BCUT2D eigenvalue weighted by molar-refractivity contribution is -0.894. The maximum atomic E-state index is 12.2. The number of piperazine rings is 1. The Balaban J connectivity index is 0.00000162. The fourth-order valence-corrected chi connectivity index (χ4v) is 3.15. The van der Waals surface area contributed by atoms with E-state index in [1.807, 2.05) is 4.90 Å². The molecule has 0 bridgehead atoms. The first kappa shape index (κ1) is 16.5. The quantitative estimate of drug-likeness (QED) is 0.447. The van der Waals surface area contributed by atoms with Gasteiger partial charge in [0.05, 0.1) is 50.2 Å². The molecule has 1 aliphatic rings. The van der Waals surface area contributed by atoms with Gasteiger partial charge in [0.2, 0.25) is 0 Å². The van der Waals surface area contributed by atoms with E-state index in [2.05, 4.69) is 14.1 Å². The fraction of sp³-hybridized carbons (Fsp3) is 0.545. The summed E-state index contributed by atoms with van der Waals surface area (Å²) in [6, 6.07) is 1.66. The maximum Gasteiger partial charge on any atom is 0.264 e. The number of carbonyl (C=O) groups is 1. The molecule has 0 N–H and O–H groups in total. The molecule has 0 atom stereocenters. The normalized spacial score (nSPS) is 18.3. The molecule has 0 spiro atoms. The third-order valence-electron chi connectivity index (χ3n) is 3.09. The van der Waals surface area contributed by atoms with E-state index in [0.29, 0.717) is 14.2 Å². The number of rotatable bonds is 1. The summed E-state index contributed by atoms with van der Waals surface area (Å²) >= 11 is 13.0. The van der Waals surface area contributed by atoms with E-state index in [-0.39, 0.29) is 29.9 Å². The highest BCUT2D eigenvalue weighted by Gasteiger charge is 2.28. The van der Waals surface area contributed by atoms with Crippen molar-refractivity contribution in [2.45, 2.75) is 0 Å². The van der Waals surface area contributed by atoms with Crippen LogP contribution < -0.4 is 24.0 Å². The lowest BCUT2D eigenvalue weighted by Crippen LogP contribution is -3.00. The number of quaternary nitrogens is 1. The fourth-order valence-electron chi connectivity index (χ4n) is 1.82. The number of likely N-dealkylation sites (N-methyl/N-ethyl adjacent to an activating group) is 1. The molecule has 0 radical (unpaired) electrons. The standard InChI is InChI=1S/C11H15Cl2N2OS.HI/c1-15(2)5-3-14(4-6-15)11(16)9-7-8(12)10(13)17-9;/h7H,3-6H2,1-2H3;1H/q+1;/p-1. The van der Waals surface area contributed by atoms with Gasteiger partial charge in [-0.05, 0) is 6.07 Å². The van der Waals surface area contributed by atoms with Crippen LogP contribution in [-0.2, 0) is 0 Å². The first-order valence-electron chi connectivity index (χ1n) is 5.45. The largest absolute Gasteiger partial charge is 1.00 e. The average molecular weight is 421 g/mol. The van der Waals surface area contributed by atoms with Gasteiger partial charge in [0.25, 0.3) is 5.91 Å². The SMILES string of the molecule is C[N+]1(C)CCN(C(=O)c2cc(Cl)c(Cl)s2)CC1.[I-]. The summed E-state index contributed by atoms with van der Waals surface area (Å²) in [5, 5.41) is 0.466. The molecule has 7 heteroatoms. The molecule has 1 aromatic rings. The summed E-state index contributed by atoms with van der Waals surface area (Å²) in [5.41, 5.74) is 0. The molecular formula is C11H15Cl2IN2OS. The Morgan fingerprint density at radius 2 is 1.89 bits per heavy atom. The smallest absolute Gasteiger partial charge is 0.264 e. The highest BCUT2D eigenvalue weighted by Crippen LogP contribution is 2.32. The molecule has 3 nitrogen and oxygen atoms in total. The van der Waals surface area contributed by atoms with Crippen molar-refractivity contribution in [1.29, 1.82) is 0 Å². The highest BCUT2D eigenvalue weighted by atomic mass is 127. The van der Waals surface area contributed by atoms with Crippen LogP contribution in [0.4, 0.5) is 0 Å². The molecule has 0 saturated carbocycles. The van der Waals surface area contributed by atoms with Crippen LogP contribution in [0.15, 0.2) is 6.07 Å². The van der Waals surface area contributed by atoms with Crippen LogP contribution in [0.3, 0.4) is 0 Å². The predicted molar refractivity (Wildman–Crippen MR) is 72.1 cm³/mol. The van der Waals surface area contributed by atoms with Crippen molar-refractivity contribution >= 4 is 40.4 Å². The lowest BCUT2D eigenvalue weighted by atomic mass is 10.2. The molecule has 2 heterocycles. The van der Waals surface area contributed by atoms with E-state index in [0.717, 1.165) is 30.7 Å². The summed E-state index contributed by atoms with van der Waals surface area (Å²) in [6.45, 7) is 3.55. The summed E-state index contributed by atoms with van der Waals surface area (Å²) in [6.07, 6.45) is 0. The Hall–Kier alpha value is 0.440. The van der Waals surface area contributed by atoms with Gasteiger partial charge in [0, 0.05) is 0 Å². The van der Waals surface area contributed by atoms with Gasteiger partial charge < -0.3 is 33.4 Å². The molecule has 18 heavy (non-hydrogen) atoms. The van der Waals surface area contributed by atoms with Crippen LogP contribution in [0.25, 0.3) is 0 Å². The third kappa shape index (κ3) is 3.72. The van der Waals surface area contributed by atoms with Gasteiger partial charge in [0.1, 0.15) is 4.34 Å². The van der Waals surface area contributed by atoms with E-state index >= 15 is 0 Å². The van der Waals surface area contributed by atoms with Gasteiger partial charge in [-0.15, -0.1) is 11.3 Å². The predicted octanol–water partition coefficient (Wildman–Crippen LogP) is -0.409. The minimum atomic E-state index is 0. The minimum Gasteiger partial charge on any atom is -1.00 e. The van der Waals surface area contributed by atoms with Gasteiger partial charge in [-0.3, -0.25) is 4.79 Å². The highest BCUT2D eigenvalue weighted by molar-refractivity contribution is 7.18. The van der Waals surface area contributed by atoms with Crippen molar-refractivity contribution < 1.29 is 33.3 Å². The topological polar surface area (TPSA) is 20.3 Å². The van der Waals surface area contributed by atoms with Crippen molar-refractivity contribution in [3.63, 3.8) is 0 Å². The van der Waals surface area contributed by atoms with Gasteiger partial charge in [0.15, 0.2) is 0 Å². The Morgan fingerprint density at radius 1 is 1.33 bits per heavy atom. The van der Waals surface area contributed by atoms with Crippen LogP contribution >= 0.6 is 34.5 Å². The number of thiophene rings is 1. The van der Waals surface area contributed by atoms with Crippen molar-refractivity contribution in [2.75, 3.05) is 40.3 Å². The summed E-state index contributed by atoms with van der Waals surface area (Å²) in [5.74, 6) is 0.0449. The van der Waals surface area contributed by atoms with E-state index in [9.17, 15) is 4.79 Å². The molecule has 1 amide bonds. The molecule has 1 saturated heterocycles. The van der Waals surface area contributed by atoms with E-state index < -0.39 is 0 Å². The first-order valence-corrected chi connectivity index (χ1v) is 7.02. The molecule has 0 unspecified atom stereocenters. The Morgan fingerprint density at radius 3 is 2.33 bits per heavy atom. The minimum absolute atomic E-state index is 0. The number of hydrogen-bond acceptors (Lipinski definition) is 2. The van der Waals surface area contributed by atoms with E-state index in [1.54, 1.807) is 6.07 Å². The molecule has 0 aliphatic carbocycles. The van der Waals surface area contributed by atoms with Crippen molar-refractivity contribution in [2.24, 2.45) is 0 Å². The molecule has 1 aromatic heterocycles. The number of hydrogen-bond donors (Lipinski definition) is 0. The van der Waals surface area contributed by atoms with Crippen molar-refractivity contribution in [1.82, 2.24) is 4.90 Å². The molecule has 102 valence electrons. The zero-order valence-electron chi connectivity index (χ0n) is 10.3. The first-order chi connectivity index (χ1) is 7.89. The second-order valence-corrected chi connectivity index (χ2v) is 6.97. The van der Waals surface area contributed by atoms with E-state index in [1.165, 1.54) is 11.3 Å². The summed E-state index contributed by atoms with van der Waals surface area (Å²) in [7, 11) is 4.36. The second-order valence-electron chi connectivity index (χ2n) is 4.91. The van der Waals surface area contributed by atoms with Gasteiger partial charge in [-0.25, -0.2) is 0 Å². The second kappa shape index (κ2) is 6.26. The molecule has 2 rings (SSSR count). The number of amides is 1. The zero-order chi connectivity index (χ0) is 12.6. The van der Waals surface area contributed by atoms with Gasteiger partial charge >= 0.3 is 0 Å². The van der Waals surface area contributed by atoms with E-state index in [4.69, 9.17) is 23.2 Å². The third-order valence-corrected chi connectivity index (χ3v) is 4.95. The van der Waals surface area contributed by atoms with Crippen LogP contribution in [0, 0.1) is 0 Å². The van der Waals surface area contributed by atoms with Gasteiger partial charge in [-0.2, -0.15) is 0 Å². The van der Waals surface area contributed by atoms with Crippen LogP contribution in [0.2, 0.25) is 9.36 Å². The maximum absolute atomic E-state index is 12.2. The Kier molecular flexibility index (Phi) is 5.74. The summed E-state index contributed by atoms with van der Waals surface area (Å²) in [4.78, 5) is 14.7. The monoisotopic (exact) mass is 420 g/mol. The number of nitrogens with zero attached hydrogens (tertiary/aromatic N) is 2.